The number of anilines is 5. The summed E-state index contributed by atoms with van der Waals surface area (Å²) in [5.74, 6) is -4.99. The van der Waals surface area contributed by atoms with Gasteiger partial charge in [-0.3, -0.25) is 62.7 Å². The number of ether oxygens (including phenoxy) is 8. The maximum absolute atomic E-state index is 12.4. The molecule has 6 N–H and O–H groups in total. The van der Waals surface area contributed by atoms with Gasteiger partial charge in [-0.25, -0.2) is 29.2 Å². The average molecular weight is 1740 g/mol. The second kappa shape index (κ2) is 42.8. The maximum Gasteiger partial charge on any atom is 1.00 e. The Morgan fingerprint density at radius 1 is 0.383 bits per heavy atom. The van der Waals surface area contributed by atoms with E-state index < -0.39 is 64.5 Å². The van der Waals surface area contributed by atoms with Crippen LogP contribution in [0.15, 0.2) is 192 Å². The number of H-pyrrole nitrogens is 2. The monoisotopic (exact) mass is 1730 g/mol. The number of hydrogen-bond acceptors (Lipinski definition) is 28. The average Bonchev–Trinajstić information content (AvgIpc) is 1.62. The van der Waals surface area contributed by atoms with Gasteiger partial charge < -0.3 is 63.7 Å². The maximum atomic E-state index is 12.4. The number of halogens is 3. The van der Waals surface area contributed by atoms with Gasteiger partial charge >= 0.3 is 41.5 Å². The number of amides is 8. The first-order chi connectivity index (χ1) is 53.1. The number of aromatic amines is 2. The van der Waals surface area contributed by atoms with Crippen LogP contribution in [0.5, 0.6) is 47.0 Å². The van der Waals surface area contributed by atoms with Gasteiger partial charge in [-0.2, -0.15) is 15.0 Å². The molecule has 0 atom stereocenters. The number of hydrogen-bond donors (Lipinski definition) is 5. The van der Waals surface area contributed by atoms with Crippen molar-refractivity contribution in [3.05, 3.63) is 258 Å². The third kappa shape index (κ3) is 21.6. The van der Waals surface area contributed by atoms with Gasteiger partial charge in [0, 0.05) is 43.2 Å². The number of carboxylic acid groups (broad SMARTS) is 2. The molecule has 0 saturated heterocycles. The van der Waals surface area contributed by atoms with E-state index in [9.17, 15) is 62.6 Å². The molecule has 10 aromatic rings. The smallest absolute Gasteiger partial charge is 0.550 e. The first kappa shape index (κ1) is 93.9. The van der Waals surface area contributed by atoms with E-state index in [0.717, 1.165) is 39.5 Å². The predicted octanol–water partition coefficient (Wildman–Crippen LogP) is 4.97. The van der Waals surface area contributed by atoms with Crippen LogP contribution in [0.3, 0.4) is 0 Å². The molecule has 592 valence electrons. The Bertz CT molecular complexity index is 5180. The van der Waals surface area contributed by atoms with Crippen molar-refractivity contribution in [2.75, 3.05) is 75.1 Å². The van der Waals surface area contributed by atoms with E-state index in [4.69, 9.17) is 58.7 Å². The van der Waals surface area contributed by atoms with E-state index in [2.05, 4.69) is 29.7 Å². The number of pyridine rings is 5. The molecule has 39 heteroatoms. The van der Waals surface area contributed by atoms with Crippen LogP contribution in [-0.2, 0) is 14.3 Å². The van der Waals surface area contributed by atoms with Crippen LogP contribution in [0.1, 0.15) is 117 Å². The first-order valence-corrected chi connectivity index (χ1v) is 32.0. The van der Waals surface area contributed by atoms with Gasteiger partial charge in [-0.15, -0.1) is 46.4 Å². The molecule has 5 aliphatic rings. The number of fused-ring (bicyclic) bond motifs is 5. The summed E-state index contributed by atoms with van der Waals surface area (Å²) in [6.07, 6.45) is 0. The van der Waals surface area contributed by atoms with Crippen LogP contribution in [0.25, 0.3) is 0 Å². The fourth-order valence-corrected chi connectivity index (χ4v) is 10.5. The molecule has 15 rings (SSSR count). The summed E-state index contributed by atoms with van der Waals surface area (Å²) in [7, 11) is 10.3. The van der Waals surface area contributed by atoms with Gasteiger partial charge in [0.1, 0.15) is 22.7 Å². The fourth-order valence-electron chi connectivity index (χ4n) is 10.5. The number of aliphatic carboxylic acids is 2. The number of nitrogens with one attached hydrogen (secondary N) is 2. The number of aromatic nitrogens is 5. The number of nitrogen functional groups attached to an aromatic ring is 1. The van der Waals surface area contributed by atoms with Gasteiger partial charge in [0.2, 0.25) is 41.2 Å². The summed E-state index contributed by atoms with van der Waals surface area (Å²) in [6.45, 7) is 2.06. The van der Waals surface area contributed by atoms with Gasteiger partial charge in [-0.05, 0) is 97.9 Å². The Balaban J connectivity index is 0.000000287. The predicted molar refractivity (Wildman–Crippen MR) is 417 cm³/mol. The van der Waals surface area contributed by atoms with E-state index in [-0.39, 0.29) is 140 Å². The molecule has 0 radical (unpaired) electrons. The number of esters is 2. The minimum absolute atomic E-state index is 0. The van der Waals surface area contributed by atoms with Crippen molar-refractivity contribution in [3.8, 4) is 47.0 Å². The van der Waals surface area contributed by atoms with Crippen molar-refractivity contribution in [3.63, 3.8) is 0 Å². The Morgan fingerprint density at radius 2 is 0.643 bits per heavy atom. The summed E-state index contributed by atoms with van der Waals surface area (Å²) in [6, 6.07) is 47.7. The molecule has 0 saturated carbocycles. The van der Waals surface area contributed by atoms with Crippen LogP contribution in [0.4, 0.5) is 28.4 Å². The molecule has 10 heterocycles. The molecule has 115 heavy (non-hydrogen) atoms. The van der Waals surface area contributed by atoms with Crippen LogP contribution >= 0.6 is 46.4 Å². The van der Waals surface area contributed by atoms with Crippen molar-refractivity contribution in [2.45, 2.75) is 13.8 Å². The summed E-state index contributed by atoms with van der Waals surface area (Å²) in [5.41, 5.74) is 8.85. The van der Waals surface area contributed by atoms with Crippen LogP contribution < -0.4 is 104 Å². The minimum atomic E-state index is -1.08. The quantitative estimate of drug-likeness (QED) is 0.0494. The van der Waals surface area contributed by atoms with Crippen molar-refractivity contribution >= 4 is 146 Å². The molecule has 5 aromatic heterocycles. The minimum Gasteiger partial charge on any atom is -0.550 e. The van der Waals surface area contributed by atoms with Crippen molar-refractivity contribution in [1.29, 1.82) is 0 Å². The van der Waals surface area contributed by atoms with Gasteiger partial charge in [-0.1, -0.05) is 60.7 Å². The molecule has 35 nitrogen and oxygen atoms in total. The molecular weight excluding hydrogens is 1670 g/mol. The van der Waals surface area contributed by atoms with Crippen LogP contribution in [-0.4, -0.2) is 156 Å². The zero-order chi connectivity index (χ0) is 81.1. The second-order valence-electron chi connectivity index (χ2n) is 22.2. The molecule has 0 aliphatic carbocycles. The molecule has 0 fully saturated rings. The Morgan fingerprint density at radius 3 is 0.922 bits per heavy atom. The summed E-state index contributed by atoms with van der Waals surface area (Å²) < 4.78 is 39.3. The number of nitrogens with two attached hydrogens (primary N) is 1. The summed E-state index contributed by atoms with van der Waals surface area (Å²) >= 11 is 0. The second-order valence-corrected chi connectivity index (χ2v) is 22.2. The number of aromatic hydroxyl groups is 1. The number of carbonyl (C=O) groups excluding carboxylic acids is 11. The number of methoxy groups -OCH3 is 7. The first-order valence-electron chi connectivity index (χ1n) is 32.0. The van der Waals surface area contributed by atoms with Gasteiger partial charge in [0.05, 0.1) is 111 Å². The number of nitrogens with zero attached hydrogens (tertiary/aromatic N) is 7. The SMILES string of the molecule is Br.Br.CC(=O)O.CC(=O)[O-].COc1ccc(N)c(OC)n1.COc1ccc(N2C(=O)c3ccccc3C2=O)c(=O)[nH]1.COc1ccc(N2C(=O)c3ccccc3C2=O)c(OC)n1.COc1ccc(N2C(=O)c3ccccc3C2=O)c(OC)n1.Cl.O=C1OC(=O)c2ccccc21.O=C1c2ccccc2C(=O)N1c1ccc(=O)[nH]c1O.[Na+]. The van der Waals surface area contributed by atoms with E-state index >= 15 is 0 Å². The fraction of sp³-hybridized carbons (Fsp3) is 0.118. The number of carboxylic acids is 2. The normalized spacial score (nSPS) is 12.2. The van der Waals surface area contributed by atoms with E-state index in [1.54, 1.807) is 146 Å². The van der Waals surface area contributed by atoms with Crippen molar-refractivity contribution in [1.82, 2.24) is 24.9 Å². The van der Waals surface area contributed by atoms with E-state index in [1.807, 2.05) is 0 Å². The number of benzene rings is 5. The number of carbonyl (C=O) groups is 12. The summed E-state index contributed by atoms with van der Waals surface area (Å²) in [4.78, 5) is 182. The van der Waals surface area contributed by atoms with Crippen molar-refractivity contribution < 1.29 is 140 Å². The van der Waals surface area contributed by atoms with Gasteiger partial charge in [0.25, 0.3) is 64.3 Å². The molecule has 0 spiro atoms. The number of cyclic esters (lactones) is 2. The largest absolute Gasteiger partial charge is 1.00 e. The molecule has 0 unspecified atom stereocenters. The molecule has 5 aliphatic heterocycles. The molecule has 0 bridgehead atoms. The molecular formula is C76H66Br2ClN10NaO25. The third-order valence-electron chi connectivity index (χ3n) is 15.4. The standard InChI is InChI=1S/2C15H12N2O4.C14H10N2O4.C13H8N2O4.C8H4O3.C7H10N2O2.2C2H4O2.2BrH.ClH.Na/c2*1-20-12-8-7-11(13(16-12)21-2)17-14(18)9-5-3-4-6-10(9)15(17)19;1-20-11-7-6-10(12(17)15-11)16-13(18)8-4-2-3-5-9(8)14(16)19;16-10-6-5-9(11(17)14-10)15-12(18)7-3-1-2-4-8(7)13(15)19;9-7-5-3-1-2-4-6(5)8(10)11-7;1-10-6-4-3-5(8)7(9-6)11-2;2*1-2(3)4;;;;/h2*3-8H,1-2H3;2-7H,1H3,(H,15,17);1-6H,(H2,14,16,17);1-4H;3-4H,8H2,1-2H3;2*1H3,(H,3,4);3*1H;/q;;;;;;;;;;;+1/p-1. The summed E-state index contributed by atoms with van der Waals surface area (Å²) in [5, 5.41) is 26.0. The molecule has 5 aromatic carbocycles. The Kier molecular flexibility index (Phi) is 35.0. The zero-order valence-electron chi connectivity index (χ0n) is 62.0. The van der Waals surface area contributed by atoms with Crippen LogP contribution in [0, 0.1) is 0 Å². The number of imide groups is 4. The molecule has 8 amide bonds. The third-order valence-corrected chi connectivity index (χ3v) is 15.4. The van der Waals surface area contributed by atoms with Crippen molar-refractivity contribution in [2.24, 2.45) is 0 Å². The zero-order valence-corrected chi connectivity index (χ0v) is 68.3. The topological polar surface area (TPSA) is 486 Å². The Hall–Kier alpha value is -13.5. The van der Waals surface area contributed by atoms with Gasteiger partial charge in [0.15, 0.2) is 5.88 Å². The Labute approximate surface area is 700 Å². The van der Waals surface area contributed by atoms with Crippen LogP contribution in [0.2, 0.25) is 0 Å². The van der Waals surface area contributed by atoms with E-state index in [0.29, 0.717) is 85.1 Å². The van der Waals surface area contributed by atoms with E-state index in [1.165, 1.54) is 80.1 Å². The number of rotatable bonds is 11.